The molecule has 0 aliphatic rings. The number of hydrogen-bond acceptors (Lipinski definition) is 5. The Morgan fingerprint density at radius 1 is 0.971 bits per heavy atom. The Kier molecular flexibility index (Phi) is 8.24. The average Bonchev–Trinajstić information content (AvgIpc) is 2.84. The van der Waals surface area contributed by atoms with Crippen LogP contribution >= 0.6 is 0 Å². The minimum absolute atomic E-state index is 0.196. The third kappa shape index (κ3) is 6.61. The number of rotatable bonds is 11. The lowest BCUT2D eigenvalue weighted by atomic mass is 10.1. The summed E-state index contributed by atoms with van der Waals surface area (Å²) in [4.78, 5) is 11.6. The summed E-state index contributed by atoms with van der Waals surface area (Å²) in [5.41, 5.74) is 8.50. The predicted octanol–water partition coefficient (Wildman–Crippen LogP) is 4.81. The van der Waals surface area contributed by atoms with Crippen molar-refractivity contribution in [3.05, 3.63) is 121 Å². The Morgan fingerprint density at radius 3 is 2.35 bits per heavy atom. The van der Waals surface area contributed by atoms with E-state index in [0.29, 0.717) is 34.9 Å². The van der Waals surface area contributed by atoms with Gasteiger partial charge in [0.05, 0.1) is 5.57 Å². The van der Waals surface area contributed by atoms with Crippen molar-refractivity contribution in [3.8, 4) is 11.5 Å². The minimum atomic E-state index is -0.337. The Labute approximate surface area is 198 Å². The molecular weight excluding hydrogens is 428 g/mol. The number of nitrogens with two attached hydrogens (primary N) is 1. The Morgan fingerprint density at radius 2 is 1.71 bits per heavy atom. The maximum atomic E-state index is 11.6. The molecule has 0 unspecified atom stereocenters. The van der Waals surface area contributed by atoms with Crippen molar-refractivity contribution < 1.29 is 14.3 Å². The standard InChI is InChI=1S/C27H26N4O3/c1-3-24(32)31-21-11-8-12-23(17-21)34-27(30-4-2)25(26(28)29)20-13-15-22(16-14-20)33-18-19-9-6-5-7-10-19/h3-17,30H,1-2,18H2,(H3,28,29)(H,31,32). The molecule has 0 bridgehead atoms. The number of benzene rings is 3. The van der Waals surface area contributed by atoms with Gasteiger partial charge in [0.1, 0.15) is 23.9 Å². The van der Waals surface area contributed by atoms with Gasteiger partial charge in [0, 0.05) is 11.8 Å². The number of hydrogen-bond donors (Lipinski definition) is 4. The zero-order valence-electron chi connectivity index (χ0n) is 18.6. The Balaban J connectivity index is 1.85. The van der Waals surface area contributed by atoms with Crippen LogP contribution in [0.3, 0.4) is 0 Å². The molecule has 7 nitrogen and oxygen atoms in total. The average molecular weight is 455 g/mol. The first-order valence-electron chi connectivity index (χ1n) is 10.4. The molecule has 3 aromatic carbocycles. The van der Waals surface area contributed by atoms with Crippen LogP contribution < -0.4 is 25.8 Å². The lowest BCUT2D eigenvalue weighted by molar-refractivity contribution is -0.111. The molecule has 0 atom stereocenters. The van der Waals surface area contributed by atoms with E-state index in [0.717, 1.165) is 5.56 Å². The molecule has 0 aromatic heterocycles. The van der Waals surface area contributed by atoms with Crippen molar-refractivity contribution >= 4 is 23.0 Å². The third-order valence-electron chi connectivity index (χ3n) is 4.63. The molecule has 0 saturated carbocycles. The Bertz CT molecular complexity index is 1200. The number of amides is 1. The maximum Gasteiger partial charge on any atom is 0.247 e. The molecule has 0 spiro atoms. The first kappa shape index (κ1) is 23.9. The molecule has 3 aromatic rings. The smallest absolute Gasteiger partial charge is 0.247 e. The van der Waals surface area contributed by atoms with Gasteiger partial charge in [-0.05, 0) is 47.7 Å². The zero-order valence-corrected chi connectivity index (χ0v) is 18.6. The van der Waals surface area contributed by atoms with E-state index in [2.05, 4.69) is 23.8 Å². The molecule has 5 N–H and O–H groups in total. The van der Waals surface area contributed by atoms with Gasteiger partial charge in [0.15, 0.2) is 0 Å². The molecule has 0 aliphatic heterocycles. The molecule has 0 saturated heterocycles. The van der Waals surface area contributed by atoms with Crippen LogP contribution in [0.2, 0.25) is 0 Å². The van der Waals surface area contributed by atoms with Crippen molar-refractivity contribution in [2.75, 3.05) is 5.32 Å². The number of anilines is 1. The topological polar surface area (TPSA) is 109 Å². The summed E-state index contributed by atoms with van der Waals surface area (Å²) < 4.78 is 11.8. The fraction of sp³-hybridized carbons (Fsp3) is 0.0370. The largest absolute Gasteiger partial charge is 0.489 e. The third-order valence-corrected chi connectivity index (χ3v) is 4.63. The molecule has 34 heavy (non-hydrogen) atoms. The van der Waals surface area contributed by atoms with E-state index < -0.39 is 0 Å². The molecule has 7 heteroatoms. The van der Waals surface area contributed by atoms with Crippen molar-refractivity contribution in [2.24, 2.45) is 5.73 Å². The first-order chi connectivity index (χ1) is 16.5. The number of ether oxygens (including phenoxy) is 2. The van der Waals surface area contributed by atoms with E-state index in [1.807, 2.05) is 30.3 Å². The van der Waals surface area contributed by atoms with Gasteiger partial charge in [-0.3, -0.25) is 10.2 Å². The molecular formula is C27H26N4O3. The van der Waals surface area contributed by atoms with Crippen LogP contribution in [0.4, 0.5) is 5.69 Å². The molecule has 0 heterocycles. The van der Waals surface area contributed by atoms with Crippen molar-refractivity contribution in [2.45, 2.75) is 6.61 Å². The summed E-state index contributed by atoms with van der Waals surface area (Å²) in [6.45, 7) is 7.58. The van der Waals surface area contributed by atoms with Gasteiger partial charge in [-0.1, -0.05) is 61.7 Å². The van der Waals surface area contributed by atoms with E-state index >= 15 is 0 Å². The van der Waals surface area contributed by atoms with Crippen LogP contribution in [0.1, 0.15) is 11.1 Å². The molecule has 1 amide bonds. The van der Waals surface area contributed by atoms with Crippen LogP contribution in [0.15, 0.2) is 110 Å². The van der Waals surface area contributed by atoms with Gasteiger partial charge >= 0.3 is 0 Å². The summed E-state index contributed by atoms with van der Waals surface area (Å²) >= 11 is 0. The summed E-state index contributed by atoms with van der Waals surface area (Å²) in [5.74, 6) is 0.787. The second-order valence-electron chi connectivity index (χ2n) is 7.09. The quantitative estimate of drug-likeness (QED) is 0.144. The summed E-state index contributed by atoms with van der Waals surface area (Å²) in [7, 11) is 0. The summed E-state index contributed by atoms with van der Waals surface area (Å²) in [6, 6.07) is 23.9. The van der Waals surface area contributed by atoms with Crippen molar-refractivity contribution in [1.82, 2.24) is 5.32 Å². The SMILES string of the molecule is C=CNC(Oc1cccc(NC(=O)C=C)c1)=C(C(=N)N)c1ccc(OCc2ccccc2)cc1. The van der Waals surface area contributed by atoms with Gasteiger partial charge < -0.3 is 25.8 Å². The predicted molar refractivity (Wildman–Crippen MR) is 135 cm³/mol. The van der Waals surface area contributed by atoms with Gasteiger partial charge in [-0.15, -0.1) is 0 Å². The minimum Gasteiger partial charge on any atom is -0.489 e. The maximum absolute atomic E-state index is 11.6. The van der Waals surface area contributed by atoms with E-state index in [4.69, 9.17) is 20.6 Å². The van der Waals surface area contributed by atoms with Crippen LogP contribution in [0, 0.1) is 5.41 Å². The highest BCUT2D eigenvalue weighted by Gasteiger charge is 2.15. The highest BCUT2D eigenvalue weighted by molar-refractivity contribution is 6.21. The molecule has 0 aliphatic carbocycles. The lowest BCUT2D eigenvalue weighted by Crippen LogP contribution is -2.22. The lowest BCUT2D eigenvalue weighted by Gasteiger charge is -2.16. The zero-order chi connectivity index (χ0) is 24.3. The van der Waals surface area contributed by atoms with Crippen molar-refractivity contribution in [1.29, 1.82) is 5.41 Å². The van der Waals surface area contributed by atoms with Crippen LogP contribution in [0.25, 0.3) is 5.57 Å². The normalized spacial score (nSPS) is 10.9. The second kappa shape index (κ2) is 11.7. The van der Waals surface area contributed by atoms with Crippen molar-refractivity contribution in [3.63, 3.8) is 0 Å². The summed E-state index contributed by atoms with van der Waals surface area (Å²) in [5, 5.41) is 13.7. The van der Waals surface area contributed by atoms with Crippen LogP contribution in [0.5, 0.6) is 11.5 Å². The van der Waals surface area contributed by atoms with Gasteiger partial charge in [0.25, 0.3) is 0 Å². The van der Waals surface area contributed by atoms with E-state index in [9.17, 15) is 4.79 Å². The highest BCUT2D eigenvalue weighted by Crippen LogP contribution is 2.25. The van der Waals surface area contributed by atoms with Crippen LogP contribution in [-0.4, -0.2) is 11.7 Å². The second-order valence-corrected chi connectivity index (χ2v) is 7.09. The number of amidine groups is 1. The van der Waals surface area contributed by atoms with E-state index in [-0.39, 0.29) is 17.6 Å². The fourth-order valence-electron chi connectivity index (χ4n) is 3.06. The first-order valence-corrected chi connectivity index (χ1v) is 10.4. The highest BCUT2D eigenvalue weighted by atomic mass is 16.5. The van der Waals surface area contributed by atoms with E-state index in [1.54, 1.807) is 48.5 Å². The molecule has 172 valence electrons. The van der Waals surface area contributed by atoms with Gasteiger partial charge in [-0.2, -0.15) is 0 Å². The molecule has 3 rings (SSSR count). The number of nitrogens with one attached hydrogen (secondary N) is 3. The monoisotopic (exact) mass is 454 g/mol. The van der Waals surface area contributed by atoms with Crippen LogP contribution in [-0.2, 0) is 11.4 Å². The molecule has 0 radical (unpaired) electrons. The van der Waals surface area contributed by atoms with Gasteiger partial charge in [-0.25, -0.2) is 0 Å². The number of carbonyl (C=O) groups is 1. The number of carbonyl (C=O) groups excluding carboxylic acids is 1. The Hall–Kier alpha value is -4.78. The molecule has 0 fully saturated rings. The van der Waals surface area contributed by atoms with Gasteiger partial charge in [0.2, 0.25) is 11.8 Å². The van der Waals surface area contributed by atoms with E-state index in [1.165, 1.54) is 12.3 Å². The fourth-order valence-corrected chi connectivity index (χ4v) is 3.06. The summed E-state index contributed by atoms with van der Waals surface area (Å²) in [6.07, 6.45) is 2.61.